The predicted octanol–water partition coefficient (Wildman–Crippen LogP) is 0.947. The van der Waals surface area contributed by atoms with E-state index in [0.29, 0.717) is 6.42 Å². The van der Waals surface area contributed by atoms with Crippen molar-refractivity contribution in [2.45, 2.75) is 96.8 Å². The molecule has 0 bridgehead atoms. The smallest absolute Gasteiger partial charge is 0.660 e. The summed E-state index contributed by atoms with van der Waals surface area (Å²) in [7, 11) is -4.00. The Hall–Kier alpha value is 1.31. The minimum atomic E-state index is -4.00. The molecule has 0 atom stereocenters. The molecule has 1 N–H and O–H groups in total. The van der Waals surface area contributed by atoms with Gasteiger partial charge in [0.05, 0.1) is 6.16 Å². The van der Waals surface area contributed by atoms with Crippen molar-refractivity contribution in [3.05, 3.63) is 0 Å². The van der Waals surface area contributed by atoms with Crippen LogP contribution in [0.4, 0.5) is 0 Å². The van der Waals surface area contributed by atoms with Gasteiger partial charge in [-0.25, -0.2) is 0 Å². The van der Waals surface area contributed by atoms with Crippen molar-refractivity contribution in [1.82, 2.24) is 0 Å². The standard InChI is InChI=1S/C16H35O3P.Na/c1-2-3-4-5-6-7-8-9-10-11-12-13-14-15-16-20(17,18)19;/h2-16H2,1H3,(H2,17,18,19);/q;+1/p-1. The third-order valence-electron chi connectivity index (χ3n) is 3.79. The van der Waals surface area contributed by atoms with Crippen LogP contribution in [0.2, 0.25) is 0 Å². The molecule has 5 heteroatoms. The maximum Gasteiger partial charge on any atom is 1.00 e. The van der Waals surface area contributed by atoms with Crippen molar-refractivity contribution < 1.29 is 44.2 Å². The Bertz CT molecular complexity index is 198. The molecule has 0 saturated carbocycles. The summed E-state index contributed by atoms with van der Waals surface area (Å²) in [5.74, 6) is 0. The molecule has 0 aromatic carbocycles. The molecule has 3 nitrogen and oxygen atoms in total. The Labute approximate surface area is 154 Å². The van der Waals surface area contributed by atoms with E-state index in [-0.39, 0.29) is 35.7 Å². The van der Waals surface area contributed by atoms with Crippen molar-refractivity contribution in [2.24, 2.45) is 0 Å². The van der Waals surface area contributed by atoms with Gasteiger partial charge in [-0.05, 0) is 12.8 Å². The fourth-order valence-corrected chi connectivity index (χ4v) is 3.13. The summed E-state index contributed by atoms with van der Waals surface area (Å²) < 4.78 is 0. The zero-order chi connectivity index (χ0) is 15.1. The molecule has 0 aliphatic heterocycles. The Morgan fingerprint density at radius 3 is 1.19 bits per heavy atom. The topological polar surface area (TPSA) is 66.3 Å². The molecule has 0 aliphatic carbocycles. The first kappa shape index (κ1) is 24.6. The van der Waals surface area contributed by atoms with Crippen molar-refractivity contribution >= 4 is 7.94 Å². The number of rotatable bonds is 15. The van der Waals surface area contributed by atoms with E-state index in [1.165, 1.54) is 70.6 Å². The van der Waals surface area contributed by atoms with E-state index in [2.05, 4.69) is 6.92 Å². The molecular weight excluding hydrogens is 294 g/mol. The van der Waals surface area contributed by atoms with E-state index in [0.717, 1.165) is 12.8 Å². The molecule has 0 radical (unpaired) electrons. The van der Waals surface area contributed by atoms with Gasteiger partial charge in [0.2, 0.25) is 0 Å². The van der Waals surface area contributed by atoms with Crippen LogP contribution >= 0.6 is 7.94 Å². The molecule has 0 heterocycles. The SMILES string of the molecule is CCCCCCCCCCCCCCCC[P+]([O-])([O-])O.[Na+]. The van der Waals surface area contributed by atoms with Gasteiger partial charge in [0.25, 0.3) is 0 Å². The minimum absolute atomic E-state index is 0. The molecule has 0 unspecified atom stereocenters. The van der Waals surface area contributed by atoms with Crippen molar-refractivity contribution in [3.8, 4) is 0 Å². The molecule has 21 heavy (non-hydrogen) atoms. The van der Waals surface area contributed by atoms with E-state index in [9.17, 15) is 9.79 Å². The Kier molecular flexibility index (Phi) is 20.7. The molecule has 122 valence electrons. The second-order valence-electron chi connectivity index (χ2n) is 5.96. The second-order valence-corrected chi connectivity index (χ2v) is 7.68. The molecule has 0 fully saturated rings. The Balaban J connectivity index is 0. The third-order valence-corrected chi connectivity index (χ3v) is 4.68. The van der Waals surface area contributed by atoms with Crippen LogP contribution in [0.5, 0.6) is 0 Å². The molecule has 0 spiro atoms. The van der Waals surface area contributed by atoms with Crippen LogP contribution in [0.1, 0.15) is 96.8 Å². The third kappa shape index (κ3) is 23.7. The zero-order valence-corrected chi connectivity index (χ0v) is 17.2. The van der Waals surface area contributed by atoms with E-state index in [1.807, 2.05) is 0 Å². The van der Waals surface area contributed by atoms with Crippen LogP contribution in [-0.2, 0) is 0 Å². The van der Waals surface area contributed by atoms with E-state index in [4.69, 9.17) is 4.89 Å². The van der Waals surface area contributed by atoms with Crippen molar-refractivity contribution in [3.63, 3.8) is 0 Å². The maximum absolute atomic E-state index is 10.5. The van der Waals surface area contributed by atoms with Gasteiger partial charge in [0.15, 0.2) is 0 Å². The molecule has 0 aliphatic rings. The summed E-state index contributed by atoms with van der Waals surface area (Å²) in [5.41, 5.74) is 0. The Morgan fingerprint density at radius 2 is 0.905 bits per heavy atom. The first-order valence-corrected chi connectivity index (χ1v) is 10.4. The monoisotopic (exact) mass is 328 g/mol. The fourth-order valence-electron chi connectivity index (χ4n) is 2.51. The van der Waals surface area contributed by atoms with Crippen molar-refractivity contribution in [2.75, 3.05) is 6.16 Å². The van der Waals surface area contributed by atoms with Gasteiger partial charge in [-0.15, -0.1) is 0 Å². The number of hydrogen-bond acceptors (Lipinski definition) is 3. The van der Waals surface area contributed by atoms with Gasteiger partial charge < -0.3 is 9.79 Å². The quantitative estimate of drug-likeness (QED) is 0.276. The van der Waals surface area contributed by atoms with Gasteiger partial charge in [-0.3, -0.25) is 4.89 Å². The normalized spacial score (nSPS) is 11.4. The van der Waals surface area contributed by atoms with Gasteiger partial charge in [0, 0.05) is 7.94 Å². The average molecular weight is 328 g/mol. The van der Waals surface area contributed by atoms with Crippen LogP contribution in [0.3, 0.4) is 0 Å². The molecule has 0 aromatic rings. The predicted molar refractivity (Wildman–Crippen MR) is 84.3 cm³/mol. The minimum Gasteiger partial charge on any atom is -0.660 e. The van der Waals surface area contributed by atoms with Gasteiger partial charge in [-0.1, -0.05) is 84.0 Å². The number of unbranched alkanes of at least 4 members (excludes halogenated alkanes) is 13. The summed E-state index contributed by atoms with van der Waals surface area (Å²) in [5, 5.41) is 0. The van der Waals surface area contributed by atoms with Crippen LogP contribution in [0, 0.1) is 0 Å². The zero-order valence-electron chi connectivity index (χ0n) is 14.3. The van der Waals surface area contributed by atoms with E-state index in [1.54, 1.807) is 0 Å². The molecule has 0 saturated heterocycles. The van der Waals surface area contributed by atoms with Crippen LogP contribution in [0.15, 0.2) is 0 Å². The fraction of sp³-hybridized carbons (Fsp3) is 1.00. The average Bonchev–Trinajstić information content (AvgIpc) is 2.38. The van der Waals surface area contributed by atoms with Crippen molar-refractivity contribution in [1.29, 1.82) is 0 Å². The summed E-state index contributed by atoms with van der Waals surface area (Å²) in [6.07, 6.45) is 17.4. The summed E-state index contributed by atoms with van der Waals surface area (Å²) in [4.78, 5) is 29.7. The van der Waals surface area contributed by atoms with E-state index < -0.39 is 7.94 Å². The first-order valence-electron chi connectivity index (χ1n) is 8.59. The molecular formula is C16H34NaO3P. The van der Waals surface area contributed by atoms with Crippen LogP contribution in [-0.4, -0.2) is 11.1 Å². The number of hydrogen-bond donors (Lipinski definition) is 1. The van der Waals surface area contributed by atoms with Gasteiger partial charge >= 0.3 is 29.6 Å². The van der Waals surface area contributed by atoms with Crippen LogP contribution in [0.25, 0.3) is 0 Å². The largest absolute Gasteiger partial charge is 1.00 e. The summed E-state index contributed by atoms with van der Waals surface area (Å²) >= 11 is 0. The molecule has 0 amide bonds. The second kappa shape index (κ2) is 17.7. The van der Waals surface area contributed by atoms with Gasteiger partial charge in [-0.2, -0.15) is 0 Å². The summed E-state index contributed by atoms with van der Waals surface area (Å²) in [6, 6.07) is 0. The maximum atomic E-state index is 10.5. The molecule has 0 aromatic heterocycles. The first-order chi connectivity index (χ1) is 9.56. The van der Waals surface area contributed by atoms with Gasteiger partial charge in [0.1, 0.15) is 0 Å². The van der Waals surface area contributed by atoms with Crippen LogP contribution < -0.4 is 39.3 Å². The summed E-state index contributed by atoms with van der Waals surface area (Å²) in [6.45, 7) is 2.25. The Morgan fingerprint density at radius 1 is 0.619 bits per heavy atom. The molecule has 0 rings (SSSR count). The van der Waals surface area contributed by atoms with E-state index >= 15 is 0 Å².